The number of nitrogens with one attached hydrogen (secondary N) is 1. The van der Waals surface area contributed by atoms with Crippen LogP contribution >= 0.6 is 0 Å². The van der Waals surface area contributed by atoms with Gasteiger partial charge in [0.25, 0.3) is 0 Å². The summed E-state index contributed by atoms with van der Waals surface area (Å²) in [5, 5.41) is 7.42. The molecule has 1 aromatic rings. The van der Waals surface area contributed by atoms with Gasteiger partial charge in [-0.1, -0.05) is 30.7 Å². The van der Waals surface area contributed by atoms with Crippen molar-refractivity contribution in [2.75, 3.05) is 6.54 Å². The zero-order valence-electron chi connectivity index (χ0n) is 11.4. The number of fused-ring (bicyclic) bond motifs is 1. The fourth-order valence-corrected chi connectivity index (χ4v) is 3.78. The zero-order valence-corrected chi connectivity index (χ0v) is 11.4. The van der Waals surface area contributed by atoms with Gasteiger partial charge in [-0.3, -0.25) is 10.3 Å². The normalized spacial score (nSPS) is 27.2. The summed E-state index contributed by atoms with van der Waals surface area (Å²) in [7, 11) is 0. The van der Waals surface area contributed by atoms with Crippen molar-refractivity contribution in [2.24, 2.45) is 11.7 Å². The van der Waals surface area contributed by atoms with E-state index >= 15 is 0 Å². The van der Waals surface area contributed by atoms with Gasteiger partial charge in [-0.05, 0) is 43.7 Å². The smallest absolute Gasteiger partial charge is 0.122 e. The summed E-state index contributed by atoms with van der Waals surface area (Å²) in [5.74, 6) is 1.10. The van der Waals surface area contributed by atoms with E-state index in [0.29, 0.717) is 0 Å². The SMILES string of the molecule is N=C(N)c1ccc(CN2CCCC3CCCC32)cc1. The molecule has 3 N–H and O–H groups in total. The van der Waals surface area contributed by atoms with Crippen LogP contribution in [0.4, 0.5) is 0 Å². The molecule has 0 amide bonds. The van der Waals surface area contributed by atoms with Crippen molar-refractivity contribution in [3.8, 4) is 0 Å². The Hall–Kier alpha value is -1.35. The molecule has 2 aliphatic rings. The van der Waals surface area contributed by atoms with Crippen LogP contribution in [-0.2, 0) is 6.54 Å². The van der Waals surface area contributed by atoms with Gasteiger partial charge in [0.2, 0.25) is 0 Å². The van der Waals surface area contributed by atoms with Crippen molar-refractivity contribution < 1.29 is 0 Å². The lowest BCUT2D eigenvalue weighted by Gasteiger charge is -2.37. The highest BCUT2D eigenvalue weighted by Gasteiger charge is 2.34. The molecule has 0 bridgehead atoms. The molecule has 3 nitrogen and oxygen atoms in total. The lowest BCUT2D eigenvalue weighted by molar-refractivity contribution is 0.106. The summed E-state index contributed by atoms with van der Waals surface area (Å²) in [6.45, 7) is 2.30. The van der Waals surface area contributed by atoms with E-state index in [1.54, 1.807) is 0 Å². The van der Waals surface area contributed by atoms with E-state index in [1.165, 1.54) is 44.2 Å². The molecule has 3 rings (SSSR count). The third kappa shape index (κ3) is 2.66. The highest BCUT2D eigenvalue weighted by molar-refractivity contribution is 5.94. The number of amidine groups is 1. The van der Waals surface area contributed by atoms with E-state index in [1.807, 2.05) is 12.1 Å². The lowest BCUT2D eigenvalue weighted by Crippen LogP contribution is -2.41. The van der Waals surface area contributed by atoms with Gasteiger partial charge in [-0.15, -0.1) is 0 Å². The average Bonchev–Trinajstić information content (AvgIpc) is 2.89. The molecular formula is C16H23N3. The van der Waals surface area contributed by atoms with E-state index < -0.39 is 0 Å². The molecule has 2 fully saturated rings. The van der Waals surface area contributed by atoms with Gasteiger partial charge < -0.3 is 5.73 Å². The van der Waals surface area contributed by atoms with Gasteiger partial charge in [-0.2, -0.15) is 0 Å². The van der Waals surface area contributed by atoms with Crippen molar-refractivity contribution in [3.63, 3.8) is 0 Å². The second-order valence-corrected chi connectivity index (χ2v) is 5.98. The molecule has 0 spiro atoms. The molecule has 19 heavy (non-hydrogen) atoms. The van der Waals surface area contributed by atoms with E-state index in [9.17, 15) is 0 Å². The predicted octanol–water partition coefficient (Wildman–Crippen LogP) is 2.74. The van der Waals surface area contributed by atoms with Crippen molar-refractivity contribution >= 4 is 5.84 Å². The number of nitrogens with zero attached hydrogens (tertiary/aromatic N) is 1. The maximum atomic E-state index is 7.42. The Balaban J connectivity index is 1.68. The fraction of sp³-hybridized carbons (Fsp3) is 0.562. The Bertz CT molecular complexity index is 452. The predicted molar refractivity (Wildman–Crippen MR) is 78.2 cm³/mol. The quantitative estimate of drug-likeness (QED) is 0.646. The summed E-state index contributed by atoms with van der Waals surface area (Å²) in [6.07, 6.45) is 7.02. The van der Waals surface area contributed by atoms with E-state index in [2.05, 4.69) is 17.0 Å². The molecule has 1 saturated heterocycles. The van der Waals surface area contributed by atoms with E-state index in [-0.39, 0.29) is 5.84 Å². The second kappa shape index (κ2) is 5.33. The van der Waals surface area contributed by atoms with Gasteiger partial charge in [-0.25, -0.2) is 0 Å². The van der Waals surface area contributed by atoms with Gasteiger partial charge in [0.1, 0.15) is 5.84 Å². The molecule has 0 aromatic heterocycles. The molecule has 102 valence electrons. The monoisotopic (exact) mass is 257 g/mol. The van der Waals surface area contributed by atoms with Gasteiger partial charge in [0.15, 0.2) is 0 Å². The molecule has 1 aliphatic heterocycles. The Morgan fingerprint density at radius 3 is 2.63 bits per heavy atom. The fourth-order valence-electron chi connectivity index (χ4n) is 3.78. The highest BCUT2D eigenvalue weighted by Crippen LogP contribution is 2.37. The Morgan fingerprint density at radius 2 is 1.89 bits per heavy atom. The van der Waals surface area contributed by atoms with Gasteiger partial charge in [0.05, 0.1) is 0 Å². The third-order valence-corrected chi connectivity index (χ3v) is 4.76. The van der Waals surface area contributed by atoms with Gasteiger partial charge in [0, 0.05) is 18.2 Å². The number of nitrogens with two attached hydrogens (primary N) is 1. The first-order chi connectivity index (χ1) is 9.24. The van der Waals surface area contributed by atoms with E-state index in [0.717, 1.165) is 24.1 Å². The van der Waals surface area contributed by atoms with Crippen LogP contribution in [0.3, 0.4) is 0 Å². The number of hydrogen-bond acceptors (Lipinski definition) is 2. The minimum absolute atomic E-state index is 0.153. The van der Waals surface area contributed by atoms with Crippen LogP contribution in [0.5, 0.6) is 0 Å². The standard InChI is InChI=1S/C16H23N3/c17-16(18)14-8-6-12(7-9-14)11-19-10-2-4-13-3-1-5-15(13)19/h6-9,13,15H,1-5,10-11H2,(H3,17,18). The van der Waals surface area contributed by atoms with Crippen LogP contribution in [0.15, 0.2) is 24.3 Å². The van der Waals surface area contributed by atoms with Crippen molar-refractivity contribution in [1.82, 2.24) is 4.90 Å². The summed E-state index contributed by atoms with van der Waals surface area (Å²) in [6, 6.07) is 8.99. The summed E-state index contributed by atoms with van der Waals surface area (Å²) in [5.41, 5.74) is 7.66. The molecule has 3 heteroatoms. The van der Waals surface area contributed by atoms with Crippen molar-refractivity contribution in [1.29, 1.82) is 5.41 Å². The Morgan fingerprint density at radius 1 is 1.16 bits per heavy atom. The molecular weight excluding hydrogens is 234 g/mol. The largest absolute Gasteiger partial charge is 0.384 e. The zero-order chi connectivity index (χ0) is 13.2. The number of hydrogen-bond donors (Lipinski definition) is 2. The molecule has 1 aromatic carbocycles. The highest BCUT2D eigenvalue weighted by atomic mass is 15.2. The first kappa shape index (κ1) is 12.7. The van der Waals surface area contributed by atoms with Crippen LogP contribution in [0.25, 0.3) is 0 Å². The number of piperidine rings is 1. The number of benzene rings is 1. The number of nitrogen functional groups attached to an aromatic ring is 1. The van der Waals surface area contributed by atoms with Gasteiger partial charge >= 0.3 is 0 Å². The van der Waals surface area contributed by atoms with Crippen LogP contribution in [0.2, 0.25) is 0 Å². The molecule has 1 heterocycles. The molecule has 1 aliphatic carbocycles. The number of rotatable bonds is 3. The maximum Gasteiger partial charge on any atom is 0.122 e. The lowest BCUT2D eigenvalue weighted by atomic mass is 9.91. The van der Waals surface area contributed by atoms with E-state index in [4.69, 9.17) is 11.1 Å². The summed E-state index contributed by atoms with van der Waals surface area (Å²) in [4.78, 5) is 2.67. The molecule has 2 unspecified atom stereocenters. The van der Waals surface area contributed by atoms with Crippen LogP contribution in [0, 0.1) is 11.3 Å². The maximum absolute atomic E-state index is 7.42. The summed E-state index contributed by atoms with van der Waals surface area (Å²) < 4.78 is 0. The molecule has 1 saturated carbocycles. The first-order valence-electron chi connectivity index (χ1n) is 7.41. The van der Waals surface area contributed by atoms with Crippen LogP contribution in [0.1, 0.15) is 43.2 Å². The second-order valence-electron chi connectivity index (χ2n) is 5.98. The first-order valence-corrected chi connectivity index (χ1v) is 7.41. The minimum Gasteiger partial charge on any atom is -0.384 e. The summed E-state index contributed by atoms with van der Waals surface area (Å²) >= 11 is 0. The third-order valence-electron chi connectivity index (χ3n) is 4.76. The number of likely N-dealkylation sites (tertiary alicyclic amines) is 1. The Kier molecular flexibility index (Phi) is 3.56. The van der Waals surface area contributed by atoms with Crippen molar-refractivity contribution in [3.05, 3.63) is 35.4 Å². The molecule has 2 atom stereocenters. The van der Waals surface area contributed by atoms with Crippen LogP contribution in [-0.4, -0.2) is 23.3 Å². The van der Waals surface area contributed by atoms with Crippen molar-refractivity contribution in [2.45, 2.75) is 44.7 Å². The topological polar surface area (TPSA) is 53.1 Å². The van der Waals surface area contributed by atoms with Crippen LogP contribution < -0.4 is 5.73 Å². The average molecular weight is 257 g/mol. The minimum atomic E-state index is 0.153. The Labute approximate surface area is 115 Å². The molecule has 0 radical (unpaired) electrons.